The molecule has 4 atom stereocenters. The molecule has 3 aliphatic heterocycles. The van der Waals surface area contributed by atoms with Gasteiger partial charge in [0.25, 0.3) is 11.8 Å². The second-order valence-electron chi connectivity index (χ2n) is 11.5. The predicted molar refractivity (Wildman–Crippen MR) is 162 cm³/mol. The Morgan fingerprint density at radius 2 is 2.04 bits per heavy atom. The number of aromatic nitrogens is 2. The first-order valence-electron chi connectivity index (χ1n) is 14.6. The number of nitrogens with zero attached hydrogens (tertiary/aromatic N) is 3. The number of fused-ring (bicyclic) bond motifs is 2. The van der Waals surface area contributed by atoms with E-state index in [1.165, 1.54) is 17.2 Å². The Morgan fingerprint density at radius 1 is 1.28 bits per heavy atom. The third-order valence-electron chi connectivity index (χ3n) is 7.89. The summed E-state index contributed by atoms with van der Waals surface area (Å²) >= 11 is 0. The highest BCUT2D eigenvalue weighted by Crippen LogP contribution is 2.32. The van der Waals surface area contributed by atoms with E-state index in [1.807, 2.05) is 6.07 Å². The standard InChI is InChI=1S/C26H30FN7O6.C2H3F2O2P/c27-19-8-16(31-24(36)26(28)2-4-38-13-26)7-15-5-14(6-18(15)19)9-29-3-1-17-11-34(25(37)40-17)20-10-30-23-22(32-20)33-21(35)12-39-23;3-2(4,7)1(5)6/h7-8,10,14,17,29H,1-6,9,11-13,28H2,(H,31,36)(H,32,33,35);7H2,(H,5,6). The van der Waals surface area contributed by atoms with E-state index in [4.69, 9.17) is 25.1 Å². The molecule has 1 aromatic carbocycles. The summed E-state index contributed by atoms with van der Waals surface area (Å²) in [5, 5.41) is 16.2. The van der Waals surface area contributed by atoms with Gasteiger partial charge in [-0.1, -0.05) is 0 Å². The number of carbonyl (C=O) groups excluding carboxylic acids is 3. The molecule has 0 saturated carbocycles. The molecule has 15 nitrogen and oxygen atoms in total. The maximum absolute atomic E-state index is 14.8. The first kappa shape index (κ1) is 34.2. The van der Waals surface area contributed by atoms with E-state index in [2.05, 4.69) is 25.9 Å². The number of carboxylic acid groups (broad SMARTS) is 1. The Balaban J connectivity index is 0.000000559. The fourth-order valence-corrected chi connectivity index (χ4v) is 5.42. The van der Waals surface area contributed by atoms with Gasteiger partial charge in [-0.2, -0.15) is 8.78 Å². The minimum absolute atomic E-state index is 0.130. The van der Waals surface area contributed by atoms with Crippen LogP contribution in [0.1, 0.15) is 24.0 Å². The molecule has 1 aromatic heterocycles. The number of nitrogens with two attached hydrogens (primary N) is 1. The molecule has 0 bridgehead atoms. The molecule has 19 heteroatoms. The van der Waals surface area contributed by atoms with E-state index >= 15 is 0 Å². The molecule has 4 unspecified atom stereocenters. The second kappa shape index (κ2) is 13.9. The summed E-state index contributed by atoms with van der Waals surface area (Å²) in [6.07, 6.45) is 2.81. The lowest BCUT2D eigenvalue weighted by Gasteiger charge is -2.21. The SMILES string of the molecule is NC1(C(=O)Nc2cc(F)c3c(c2)CC(CNCCC2CN(c4cnc5c(n4)NC(=O)CO5)C(=O)O2)C3)CCOC1.O=C(O)C(F)(F)P. The summed E-state index contributed by atoms with van der Waals surface area (Å²) in [7, 11) is 0.898. The van der Waals surface area contributed by atoms with Crippen molar-refractivity contribution in [3.8, 4) is 5.88 Å². The van der Waals surface area contributed by atoms with Crippen molar-refractivity contribution < 1.29 is 51.7 Å². The van der Waals surface area contributed by atoms with E-state index < -0.39 is 23.3 Å². The third kappa shape index (κ3) is 8.25. The topological polar surface area (TPSA) is 207 Å². The Kier molecular flexibility index (Phi) is 10.1. The van der Waals surface area contributed by atoms with Crippen LogP contribution in [0.3, 0.4) is 0 Å². The fraction of sp³-hybridized carbons (Fsp3) is 0.500. The van der Waals surface area contributed by atoms with Crippen molar-refractivity contribution in [3.05, 3.63) is 35.3 Å². The van der Waals surface area contributed by atoms with Gasteiger partial charge in [-0.05, 0) is 77.2 Å². The second-order valence-corrected chi connectivity index (χ2v) is 12.3. The summed E-state index contributed by atoms with van der Waals surface area (Å²) in [5.74, 6) is -2.33. The number of alkyl halides is 2. The average molecular weight is 684 g/mol. The van der Waals surface area contributed by atoms with Crippen LogP contribution < -0.4 is 31.3 Å². The predicted octanol–water partition coefficient (Wildman–Crippen LogP) is 1.26. The van der Waals surface area contributed by atoms with Crippen molar-refractivity contribution in [1.29, 1.82) is 0 Å². The van der Waals surface area contributed by atoms with Gasteiger partial charge in [0.05, 0.1) is 19.3 Å². The number of carboxylic acids is 1. The van der Waals surface area contributed by atoms with Crippen LogP contribution in [0.15, 0.2) is 18.3 Å². The molecule has 0 spiro atoms. The Bertz CT molecular complexity index is 1560. The minimum atomic E-state index is -3.67. The van der Waals surface area contributed by atoms with E-state index in [-0.39, 0.29) is 60.4 Å². The quantitative estimate of drug-likeness (QED) is 0.187. The molecule has 2 saturated heterocycles. The molecule has 4 aliphatic rings. The van der Waals surface area contributed by atoms with E-state index in [9.17, 15) is 32.3 Å². The van der Waals surface area contributed by atoms with E-state index in [1.54, 1.807) is 0 Å². The lowest BCUT2D eigenvalue weighted by molar-refractivity contribution is -0.153. The highest BCUT2D eigenvalue weighted by Gasteiger charge is 2.39. The summed E-state index contributed by atoms with van der Waals surface area (Å²) in [6.45, 7) is 2.01. The number of aliphatic carboxylic acids is 1. The van der Waals surface area contributed by atoms with Crippen LogP contribution in [0.5, 0.6) is 5.88 Å². The summed E-state index contributed by atoms with van der Waals surface area (Å²) in [5.41, 5.74) is 3.31. The van der Waals surface area contributed by atoms with Crippen LogP contribution >= 0.6 is 9.24 Å². The molecule has 4 heterocycles. The normalized spacial score (nSPS) is 23.1. The van der Waals surface area contributed by atoms with E-state index in [0.717, 1.165) is 14.8 Å². The lowest BCUT2D eigenvalue weighted by atomic mass is 9.99. The number of cyclic esters (lactones) is 1. The zero-order chi connectivity index (χ0) is 33.9. The molecule has 2 aromatic rings. The monoisotopic (exact) mass is 683 g/mol. The molecule has 47 heavy (non-hydrogen) atoms. The summed E-state index contributed by atoms with van der Waals surface area (Å²) < 4.78 is 53.2. The van der Waals surface area contributed by atoms with Gasteiger partial charge < -0.3 is 41.0 Å². The van der Waals surface area contributed by atoms with Gasteiger partial charge in [-0.3, -0.25) is 14.5 Å². The first-order chi connectivity index (χ1) is 22.2. The van der Waals surface area contributed by atoms with Gasteiger partial charge in [-0.15, -0.1) is 0 Å². The zero-order valence-electron chi connectivity index (χ0n) is 24.9. The number of carbonyl (C=O) groups is 4. The number of ether oxygens (including phenoxy) is 3. The largest absolute Gasteiger partial charge is 0.477 e. The van der Waals surface area contributed by atoms with Crippen LogP contribution in [-0.4, -0.2) is 95.7 Å². The van der Waals surface area contributed by atoms with Gasteiger partial charge in [0, 0.05) is 12.3 Å². The molecule has 1 aliphatic carbocycles. The first-order valence-corrected chi connectivity index (χ1v) is 15.2. The Labute approximate surface area is 268 Å². The van der Waals surface area contributed by atoms with Crippen molar-refractivity contribution in [2.24, 2.45) is 11.7 Å². The van der Waals surface area contributed by atoms with Gasteiger partial charge in [0.15, 0.2) is 18.2 Å². The van der Waals surface area contributed by atoms with Crippen molar-refractivity contribution in [2.45, 2.75) is 43.0 Å². The number of rotatable bonds is 9. The molecule has 2 fully saturated rings. The number of benzene rings is 1. The highest BCUT2D eigenvalue weighted by atomic mass is 31.0. The Morgan fingerprint density at radius 3 is 2.74 bits per heavy atom. The van der Waals surface area contributed by atoms with Crippen molar-refractivity contribution in [3.63, 3.8) is 0 Å². The maximum Gasteiger partial charge on any atom is 0.415 e. The van der Waals surface area contributed by atoms with Gasteiger partial charge in [-0.25, -0.2) is 23.9 Å². The number of hydrogen-bond acceptors (Lipinski definition) is 11. The molecule has 6 N–H and O–H groups in total. The fourth-order valence-electron chi connectivity index (χ4n) is 5.42. The van der Waals surface area contributed by atoms with Crippen LogP contribution in [0.25, 0.3) is 0 Å². The summed E-state index contributed by atoms with van der Waals surface area (Å²) in [6, 6.07) is 3.17. The van der Waals surface area contributed by atoms with Gasteiger partial charge in [0.1, 0.15) is 17.5 Å². The van der Waals surface area contributed by atoms with E-state index in [0.29, 0.717) is 63.2 Å². The van der Waals surface area contributed by atoms with Crippen LogP contribution in [0.2, 0.25) is 0 Å². The lowest BCUT2D eigenvalue weighted by Crippen LogP contribution is -2.51. The molecule has 3 amide bonds. The Hall–Kier alpha value is -4.12. The third-order valence-corrected chi connectivity index (χ3v) is 8.13. The minimum Gasteiger partial charge on any atom is -0.477 e. The van der Waals surface area contributed by atoms with Crippen molar-refractivity contribution in [2.75, 3.05) is 55.0 Å². The smallest absolute Gasteiger partial charge is 0.415 e. The average Bonchev–Trinajstić information content (AvgIpc) is 3.73. The number of nitrogens with one attached hydrogen (secondary N) is 3. The highest BCUT2D eigenvalue weighted by molar-refractivity contribution is 7.20. The van der Waals surface area contributed by atoms with Crippen molar-refractivity contribution >= 4 is 50.4 Å². The van der Waals surface area contributed by atoms with Crippen molar-refractivity contribution in [1.82, 2.24) is 15.3 Å². The number of anilines is 3. The maximum atomic E-state index is 14.8. The molecular weight excluding hydrogens is 650 g/mol. The molecular formula is C28H33F3N7O8P. The zero-order valence-corrected chi connectivity index (χ0v) is 26.0. The van der Waals surface area contributed by atoms with Gasteiger partial charge in [0.2, 0.25) is 5.91 Å². The molecule has 0 radical (unpaired) electrons. The molecule has 254 valence electrons. The van der Waals surface area contributed by atoms with Crippen LogP contribution in [-0.2, 0) is 36.7 Å². The number of halogens is 3. The van der Waals surface area contributed by atoms with Gasteiger partial charge >= 0.3 is 17.7 Å². The van der Waals surface area contributed by atoms with Crippen LogP contribution in [0.4, 0.5) is 35.3 Å². The number of amides is 3. The number of hydrogen-bond donors (Lipinski definition) is 5. The summed E-state index contributed by atoms with van der Waals surface area (Å²) in [4.78, 5) is 55.6. The van der Waals surface area contributed by atoms with Crippen LogP contribution in [0, 0.1) is 11.7 Å². The molecule has 6 rings (SSSR count).